The lowest BCUT2D eigenvalue weighted by Crippen LogP contribution is -2.43. The predicted molar refractivity (Wildman–Crippen MR) is 56.4 cm³/mol. The molecule has 3 aliphatic heterocycles. The third-order valence-electron chi connectivity index (χ3n) is 3.26. The van der Waals surface area contributed by atoms with E-state index in [1.807, 2.05) is 11.8 Å². The maximum Gasteiger partial charge on any atom is 0.141 e. The lowest BCUT2D eigenvalue weighted by Gasteiger charge is -2.38. The molecule has 3 heteroatoms. The molecule has 2 saturated heterocycles. The van der Waals surface area contributed by atoms with E-state index < -0.39 is 0 Å². The summed E-state index contributed by atoms with van der Waals surface area (Å²) >= 11 is 1.93. The zero-order chi connectivity index (χ0) is 9.92. The summed E-state index contributed by atoms with van der Waals surface area (Å²) in [6, 6.07) is 0. The van der Waals surface area contributed by atoms with Crippen LogP contribution in [0.4, 0.5) is 0 Å². The van der Waals surface area contributed by atoms with Crippen LogP contribution in [-0.2, 0) is 9.53 Å². The van der Waals surface area contributed by atoms with E-state index in [1.54, 1.807) is 0 Å². The standard InChI is InChI=1S/C11H14O2S/c1-11(2)5-6(12)9-7-3-4-8(13-7)10(9)14-11/h3-4,7-10H,5H2,1-2H3/t7-,8+,9-,10+/m0/s1. The third-order valence-corrected chi connectivity index (χ3v) is 4.88. The molecule has 0 unspecified atom stereocenters. The van der Waals surface area contributed by atoms with Crippen LogP contribution < -0.4 is 0 Å². The fraction of sp³-hybridized carbons (Fsp3) is 0.727. The Bertz CT molecular complexity index is 321. The molecule has 2 fully saturated rings. The first-order valence-electron chi connectivity index (χ1n) is 5.11. The topological polar surface area (TPSA) is 26.3 Å². The van der Waals surface area contributed by atoms with Crippen LogP contribution in [0.15, 0.2) is 12.2 Å². The number of thioether (sulfide) groups is 1. The van der Waals surface area contributed by atoms with Crippen LogP contribution in [0, 0.1) is 5.92 Å². The van der Waals surface area contributed by atoms with Crippen LogP contribution in [0.3, 0.4) is 0 Å². The molecule has 0 radical (unpaired) electrons. The second-order valence-electron chi connectivity index (χ2n) is 4.96. The van der Waals surface area contributed by atoms with E-state index in [-0.39, 0.29) is 22.9 Å². The van der Waals surface area contributed by atoms with E-state index in [0.29, 0.717) is 17.5 Å². The molecule has 2 bridgehead atoms. The molecule has 0 aromatic carbocycles. The summed E-state index contributed by atoms with van der Waals surface area (Å²) < 4.78 is 5.83. The minimum absolute atomic E-state index is 0.0844. The highest BCUT2D eigenvalue weighted by atomic mass is 32.2. The van der Waals surface area contributed by atoms with Crippen molar-refractivity contribution in [1.29, 1.82) is 0 Å². The lowest BCUT2D eigenvalue weighted by atomic mass is 9.85. The van der Waals surface area contributed by atoms with Gasteiger partial charge < -0.3 is 4.74 Å². The molecule has 0 aliphatic carbocycles. The molecular weight excluding hydrogens is 196 g/mol. The van der Waals surface area contributed by atoms with Gasteiger partial charge in [-0.25, -0.2) is 0 Å². The van der Waals surface area contributed by atoms with Gasteiger partial charge in [0.05, 0.1) is 18.1 Å². The molecule has 0 N–H and O–H groups in total. The van der Waals surface area contributed by atoms with Crippen molar-refractivity contribution in [3.63, 3.8) is 0 Å². The molecule has 0 aromatic rings. The first kappa shape index (κ1) is 8.98. The summed E-state index contributed by atoms with van der Waals surface area (Å²) in [6.07, 6.45) is 5.15. The Kier molecular flexibility index (Phi) is 1.69. The van der Waals surface area contributed by atoms with E-state index in [1.165, 1.54) is 0 Å². The van der Waals surface area contributed by atoms with Crippen molar-refractivity contribution in [2.45, 2.75) is 42.5 Å². The van der Waals surface area contributed by atoms with E-state index in [9.17, 15) is 4.79 Å². The van der Waals surface area contributed by atoms with Crippen LogP contribution in [0.1, 0.15) is 20.3 Å². The first-order valence-corrected chi connectivity index (χ1v) is 5.99. The van der Waals surface area contributed by atoms with E-state index >= 15 is 0 Å². The summed E-state index contributed by atoms with van der Waals surface area (Å²) in [5, 5.41) is 0.376. The molecule has 0 aromatic heterocycles. The fourth-order valence-corrected chi connectivity index (χ4v) is 4.43. The van der Waals surface area contributed by atoms with Gasteiger partial charge >= 0.3 is 0 Å². The average molecular weight is 210 g/mol. The van der Waals surface area contributed by atoms with Crippen molar-refractivity contribution in [3.05, 3.63) is 12.2 Å². The summed E-state index contributed by atoms with van der Waals surface area (Å²) in [5.41, 5.74) is 0. The summed E-state index contributed by atoms with van der Waals surface area (Å²) in [5.74, 6) is 0.540. The van der Waals surface area contributed by atoms with Gasteiger partial charge in [-0.05, 0) is 0 Å². The molecule has 3 aliphatic rings. The number of rotatable bonds is 0. The number of Topliss-reactive ketones (excluding diaryl/α,β-unsaturated/α-hetero) is 1. The van der Waals surface area contributed by atoms with Gasteiger partial charge in [0, 0.05) is 16.4 Å². The molecule has 0 spiro atoms. The smallest absolute Gasteiger partial charge is 0.141 e. The Morgan fingerprint density at radius 2 is 2.14 bits per heavy atom. The highest BCUT2D eigenvalue weighted by Crippen LogP contribution is 2.51. The van der Waals surface area contributed by atoms with Crippen LogP contribution in [0.5, 0.6) is 0 Å². The first-order chi connectivity index (χ1) is 6.57. The Hall–Kier alpha value is -0.280. The number of hydrogen-bond donors (Lipinski definition) is 0. The van der Waals surface area contributed by atoms with Gasteiger partial charge in [-0.3, -0.25) is 4.79 Å². The van der Waals surface area contributed by atoms with Gasteiger partial charge in [0.2, 0.25) is 0 Å². The Balaban J connectivity index is 1.95. The largest absolute Gasteiger partial charge is 0.365 e. The zero-order valence-electron chi connectivity index (χ0n) is 8.40. The van der Waals surface area contributed by atoms with E-state index in [4.69, 9.17) is 4.74 Å². The minimum Gasteiger partial charge on any atom is -0.365 e. The molecule has 14 heavy (non-hydrogen) atoms. The predicted octanol–water partition coefficient (Wildman–Crippen LogP) is 1.79. The second-order valence-corrected chi connectivity index (χ2v) is 6.85. The molecule has 76 valence electrons. The number of carbonyl (C=O) groups excluding carboxylic acids is 1. The molecule has 0 saturated carbocycles. The molecule has 4 atom stereocenters. The van der Waals surface area contributed by atoms with Gasteiger partial charge in [0.1, 0.15) is 5.78 Å². The van der Waals surface area contributed by atoms with Gasteiger partial charge in [0.15, 0.2) is 0 Å². The van der Waals surface area contributed by atoms with Crippen molar-refractivity contribution in [3.8, 4) is 0 Å². The summed E-state index contributed by atoms with van der Waals surface area (Å²) in [7, 11) is 0. The number of ketones is 1. The van der Waals surface area contributed by atoms with Crippen molar-refractivity contribution in [2.75, 3.05) is 0 Å². The number of carbonyl (C=O) groups is 1. The average Bonchev–Trinajstić information content (AvgIpc) is 2.59. The fourth-order valence-electron chi connectivity index (χ4n) is 2.73. The summed E-state index contributed by atoms with van der Waals surface area (Å²) in [4.78, 5) is 12.0. The molecule has 3 rings (SSSR count). The molecular formula is C11H14O2S. The number of hydrogen-bond acceptors (Lipinski definition) is 3. The Morgan fingerprint density at radius 3 is 2.93 bits per heavy atom. The van der Waals surface area contributed by atoms with Crippen molar-refractivity contribution >= 4 is 17.5 Å². The highest BCUT2D eigenvalue weighted by Gasteiger charge is 2.54. The van der Waals surface area contributed by atoms with Crippen molar-refractivity contribution in [2.24, 2.45) is 5.92 Å². The van der Waals surface area contributed by atoms with Crippen LogP contribution in [0.25, 0.3) is 0 Å². The van der Waals surface area contributed by atoms with Crippen molar-refractivity contribution in [1.82, 2.24) is 0 Å². The van der Waals surface area contributed by atoms with Crippen LogP contribution in [-0.4, -0.2) is 28.0 Å². The van der Waals surface area contributed by atoms with Crippen molar-refractivity contribution < 1.29 is 9.53 Å². The molecule has 0 amide bonds. The summed E-state index contributed by atoms with van der Waals surface area (Å²) in [6.45, 7) is 4.31. The monoisotopic (exact) mass is 210 g/mol. The Morgan fingerprint density at radius 1 is 1.43 bits per heavy atom. The minimum atomic E-state index is 0.0844. The highest BCUT2D eigenvalue weighted by molar-refractivity contribution is 8.01. The van der Waals surface area contributed by atoms with Gasteiger partial charge in [-0.1, -0.05) is 26.0 Å². The zero-order valence-corrected chi connectivity index (χ0v) is 9.21. The number of ether oxygens (including phenoxy) is 1. The molecule has 3 heterocycles. The van der Waals surface area contributed by atoms with E-state index in [0.717, 1.165) is 0 Å². The lowest BCUT2D eigenvalue weighted by molar-refractivity contribution is -0.124. The van der Waals surface area contributed by atoms with Gasteiger partial charge in [0.25, 0.3) is 0 Å². The third kappa shape index (κ3) is 1.12. The quantitative estimate of drug-likeness (QED) is 0.570. The Labute approximate surface area is 88.1 Å². The SMILES string of the molecule is CC1(C)CC(=O)[C@@H]2[C@H](S1)[C@H]1C=C[C@@H]2O1. The number of fused-ring (bicyclic) bond motifs is 5. The molecule has 2 nitrogen and oxygen atoms in total. The van der Waals surface area contributed by atoms with Gasteiger partial charge in [-0.15, -0.1) is 11.8 Å². The maximum absolute atomic E-state index is 12.0. The van der Waals surface area contributed by atoms with Crippen LogP contribution in [0.2, 0.25) is 0 Å². The normalized spacial score (nSPS) is 48.3. The van der Waals surface area contributed by atoms with Crippen LogP contribution >= 0.6 is 11.8 Å². The van der Waals surface area contributed by atoms with E-state index in [2.05, 4.69) is 26.0 Å². The van der Waals surface area contributed by atoms with Gasteiger partial charge in [-0.2, -0.15) is 0 Å². The maximum atomic E-state index is 12.0. The second kappa shape index (κ2) is 2.64.